The van der Waals surface area contributed by atoms with Crippen molar-refractivity contribution >= 4 is 23.3 Å². The molecule has 0 atom stereocenters. The van der Waals surface area contributed by atoms with E-state index in [-0.39, 0.29) is 0 Å². The lowest BCUT2D eigenvalue weighted by Crippen LogP contribution is -1.92. The van der Waals surface area contributed by atoms with Crippen molar-refractivity contribution < 1.29 is 4.42 Å². The van der Waals surface area contributed by atoms with E-state index in [1.54, 1.807) is 6.21 Å². The lowest BCUT2D eigenvalue weighted by atomic mass is 10.0. The van der Waals surface area contributed by atoms with Crippen molar-refractivity contribution in [2.24, 2.45) is 5.10 Å². The standard InChI is InChI=1S/C17H17N3O/c1-12(2)14-9-7-13(8-10-14)11-18-20-17-19-15-5-3-4-6-16(15)21-17/h3-12H,1-2H3,(H,19,20)/b18-11+. The maximum Gasteiger partial charge on any atom is 0.316 e. The molecule has 2 aromatic carbocycles. The van der Waals surface area contributed by atoms with Crippen molar-refractivity contribution in [2.75, 3.05) is 5.43 Å². The first-order valence-electron chi connectivity index (χ1n) is 6.97. The van der Waals surface area contributed by atoms with Gasteiger partial charge in [-0.3, -0.25) is 0 Å². The summed E-state index contributed by atoms with van der Waals surface area (Å²) in [5.74, 6) is 0.536. The third-order valence-electron chi connectivity index (χ3n) is 3.27. The summed E-state index contributed by atoms with van der Waals surface area (Å²) in [7, 11) is 0. The third kappa shape index (κ3) is 3.11. The molecule has 0 spiro atoms. The summed E-state index contributed by atoms with van der Waals surface area (Å²) in [4.78, 5) is 4.29. The largest absolute Gasteiger partial charge is 0.422 e. The molecule has 4 nitrogen and oxygen atoms in total. The van der Waals surface area contributed by atoms with Gasteiger partial charge < -0.3 is 4.42 Å². The highest BCUT2D eigenvalue weighted by molar-refractivity contribution is 5.80. The first-order valence-corrected chi connectivity index (χ1v) is 6.97. The summed E-state index contributed by atoms with van der Waals surface area (Å²) < 4.78 is 5.52. The number of aromatic nitrogens is 1. The molecule has 106 valence electrons. The maximum atomic E-state index is 5.52. The van der Waals surface area contributed by atoms with E-state index in [0.717, 1.165) is 16.7 Å². The van der Waals surface area contributed by atoms with Crippen LogP contribution in [-0.2, 0) is 0 Å². The fraction of sp³-hybridized carbons (Fsp3) is 0.176. The highest BCUT2D eigenvalue weighted by Crippen LogP contribution is 2.18. The molecule has 4 heteroatoms. The summed E-state index contributed by atoms with van der Waals surface area (Å²) in [6, 6.07) is 16.3. The van der Waals surface area contributed by atoms with Gasteiger partial charge in [-0.15, -0.1) is 0 Å². The number of hydrogen-bond donors (Lipinski definition) is 1. The van der Waals surface area contributed by atoms with Gasteiger partial charge in [-0.2, -0.15) is 10.1 Å². The lowest BCUT2D eigenvalue weighted by molar-refractivity contribution is 0.617. The molecule has 0 unspecified atom stereocenters. The van der Waals surface area contributed by atoms with Crippen LogP contribution in [0.2, 0.25) is 0 Å². The van der Waals surface area contributed by atoms with Crippen LogP contribution in [0.5, 0.6) is 0 Å². The Balaban J connectivity index is 1.68. The van der Waals surface area contributed by atoms with E-state index in [2.05, 4.69) is 41.5 Å². The van der Waals surface area contributed by atoms with Crippen molar-refractivity contribution in [3.05, 3.63) is 59.7 Å². The Hall–Kier alpha value is -2.62. The highest BCUT2D eigenvalue weighted by atomic mass is 16.4. The maximum absolute atomic E-state index is 5.52. The molecular weight excluding hydrogens is 262 g/mol. The number of oxazole rings is 1. The minimum Gasteiger partial charge on any atom is -0.422 e. The van der Waals surface area contributed by atoms with Crippen LogP contribution in [0.15, 0.2) is 58.0 Å². The second-order valence-electron chi connectivity index (χ2n) is 5.18. The van der Waals surface area contributed by atoms with Gasteiger partial charge in [0.25, 0.3) is 0 Å². The van der Waals surface area contributed by atoms with E-state index >= 15 is 0 Å². The van der Waals surface area contributed by atoms with Crippen LogP contribution in [0.1, 0.15) is 30.9 Å². The first-order chi connectivity index (χ1) is 10.2. The fourth-order valence-electron chi connectivity index (χ4n) is 2.05. The normalized spacial score (nSPS) is 11.6. The summed E-state index contributed by atoms with van der Waals surface area (Å²) >= 11 is 0. The number of anilines is 1. The van der Waals surface area contributed by atoms with Gasteiger partial charge >= 0.3 is 6.01 Å². The average Bonchev–Trinajstić information content (AvgIpc) is 2.90. The molecule has 1 heterocycles. The van der Waals surface area contributed by atoms with Crippen molar-refractivity contribution in [1.29, 1.82) is 0 Å². The molecule has 21 heavy (non-hydrogen) atoms. The fourth-order valence-corrected chi connectivity index (χ4v) is 2.05. The number of fused-ring (bicyclic) bond motifs is 1. The van der Waals surface area contributed by atoms with Crippen LogP contribution in [0, 0.1) is 0 Å². The van der Waals surface area contributed by atoms with Crippen LogP contribution in [0.4, 0.5) is 6.01 Å². The van der Waals surface area contributed by atoms with Crippen LogP contribution in [0.25, 0.3) is 11.1 Å². The molecule has 0 aliphatic heterocycles. The van der Waals surface area contributed by atoms with Gasteiger partial charge in [-0.25, -0.2) is 5.43 Å². The van der Waals surface area contributed by atoms with Gasteiger partial charge in [0.1, 0.15) is 5.52 Å². The number of hydrazone groups is 1. The minimum absolute atomic E-state index is 0.395. The van der Waals surface area contributed by atoms with E-state index in [0.29, 0.717) is 11.9 Å². The Kier molecular flexibility index (Phi) is 3.69. The topological polar surface area (TPSA) is 50.4 Å². The molecule has 0 saturated heterocycles. The monoisotopic (exact) mass is 279 g/mol. The zero-order valence-corrected chi connectivity index (χ0v) is 12.1. The van der Waals surface area contributed by atoms with Gasteiger partial charge in [0.05, 0.1) is 6.21 Å². The van der Waals surface area contributed by atoms with Crippen LogP contribution < -0.4 is 5.43 Å². The quantitative estimate of drug-likeness (QED) is 0.569. The predicted octanol–water partition coefficient (Wildman–Crippen LogP) is 4.40. The Bertz CT molecular complexity index is 724. The van der Waals surface area contributed by atoms with E-state index in [9.17, 15) is 0 Å². The molecule has 3 aromatic rings. The number of rotatable bonds is 4. The van der Waals surface area contributed by atoms with E-state index in [4.69, 9.17) is 4.42 Å². The van der Waals surface area contributed by atoms with Crippen molar-refractivity contribution in [3.8, 4) is 0 Å². The molecule has 0 amide bonds. The average molecular weight is 279 g/mol. The Labute approximate surface area is 123 Å². The Morgan fingerprint density at radius 3 is 2.57 bits per heavy atom. The predicted molar refractivity (Wildman–Crippen MR) is 85.8 cm³/mol. The van der Waals surface area contributed by atoms with Crippen LogP contribution in [-0.4, -0.2) is 11.2 Å². The van der Waals surface area contributed by atoms with Crippen molar-refractivity contribution in [2.45, 2.75) is 19.8 Å². The summed E-state index contributed by atoms with van der Waals surface area (Å²) in [6.07, 6.45) is 1.75. The molecule has 0 radical (unpaired) electrons. The van der Waals surface area contributed by atoms with Gasteiger partial charge in [0, 0.05) is 0 Å². The SMILES string of the molecule is CC(C)c1ccc(/C=N/Nc2nc3ccccc3o2)cc1. The highest BCUT2D eigenvalue weighted by Gasteiger charge is 2.02. The number of para-hydroxylation sites is 2. The van der Waals surface area contributed by atoms with Gasteiger partial charge in [-0.1, -0.05) is 50.2 Å². The Morgan fingerprint density at radius 2 is 1.86 bits per heavy atom. The Morgan fingerprint density at radius 1 is 1.10 bits per heavy atom. The van der Waals surface area contributed by atoms with Crippen LogP contribution in [0.3, 0.4) is 0 Å². The number of benzene rings is 2. The second kappa shape index (κ2) is 5.79. The van der Waals surface area contributed by atoms with Gasteiger partial charge in [0.2, 0.25) is 0 Å². The smallest absolute Gasteiger partial charge is 0.316 e. The molecular formula is C17H17N3O. The zero-order chi connectivity index (χ0) is 14.7. The van der Waals surface area contributed by atoms with E-state index in [1.807, 2.05) is 36.4 Å². The first kappa shape index (κ1) is 13.4. The minimum atomic E-state index is 0.395. The number of nitrogens with zero attached hydrogens (tertiary/aromatic N) is 2. The molecule has 0 aliphatic rings. The third-order valence-corrected chi connectivity index (χ3v) is 3.27. The molecule has 0 saturated carbocycles. The second-order valence-corrected chi connectivity index (χ2v) is 5.18. The van der Waals surface area contributed by atoms with Crippen LogP contribution >= 0.6 is 0 Å². The molecule has 0 bridgehead atoms. The number of nitrogens with one attached hydrogen (secondary N) is 1. The summed E-state index contributed by atoms with van der Waals surface area (Å²) in [6.45, 7) is 4.36. The summed E-state index contributed by atoms with van der Waals surface area (Å²) in [5.41, 5.74) is 6.72. The number of hydrogen-bond acceptors (Lipinski definition) is 4. The van der Waals surface area contributed by atoms with E-state index in [1.165, 1.54) is 5.56 Å². The molecule has 0 aliphatic carbocycles. The van der Waals surface area contributed by atoms with E-state index < -0.39 is 0 Å². The van der Waals surface area contributed by atoms with Gasteiger partial charge in [-0.05, 0) is 29.2 Å². The molecule has 0 fully saturated rings. The van der Waals surface area contributed by atoms with Crippen molar-refractivity contribution in [3.63, 3.8) is 0 Å². The molecule has 1 N–H and O–H groups in total. The zero-order valence-electron chi connectivity index (χ0n) is 12.1. The summed E-state index contributed by atoms with van der Waals surface area (Å²) in [5, 5.41) is 4.15. The van der Waals surface area contributed by atoms with Gasteiger partial charge in [0.15, 0.2) is 5.58 Å². The molecule has 3 rings (SSSR count). The van der Waals surface area contributed by atoms with Crippen molar-refractivity contribution in [1.82, 2.24) is 4.98 Å². The lowest BCUT2D eigenvalue weighted by Gasteiger charge is -2.04. The molecule has 1 aromatic heterocycles.